The van der Waals surface area contributed by atoms with Crippen molar-refractivity contribution in [1.82, 2.24) is 9.55 Å². The third kappa shape index (κ3) is 2.35. The molecule has 1 heterocycles. The summed E-state index contributed by atoms with van der Waals surface area (Å²) in [7, 11) is 0. The van der Waals surface area contributed by atoms with E-state index in [1.165, 1.54) is 24.2 Å². The van der Waals surface area contributed by atoms with Gasteiger partial charge < -0.3 is 15.5 Å². The molecule has 5 heteroatoms. The fraction of sp³-hybridized carbons (Fsp3) is 0.692. The number of rotatable bonds is 4. The standard InChI is InChI=1S/C13H22N4O/c1-3-10(8-13(14)16-18)17-9(2)15-11-6-4-5-7-12(11)17/h10,18H,3-8H2,1-2H3,(H2,14,16). The molecular formula is C13H22N4O. The van der Waals surface area contributed by atoms with Crippen LogP contribution in [0.15, 0.2) is 5.16 Å². The molecule has 0 saturated carbocycles. The van der Waals surface area contributed by atoms with Gasteiger partial charge in [0, 0.05) is 18.2 Å². The molecule has 0 aromatic carbocycles. The van der Waals surface area contributed by atoms with Gasteiger partial charge in [0.1, 0.15) is 11.7 Å². The number of hydrogen-bond donors (Lipinski definition) is 2. The summed E-state index contributed by atoms with van der Waals surface area (Å²) >= 11 is 0. The Labute approximate surface area is 108 Å². The quantitative estimate of drug-likeness (QED) is 0.372. The second kappa shape index (κ2) is 5.42. The van der Waals surface area contributed by atoms with Crippen molar-refractivity contribution in [1.29, 1.82) is 0 Å². The van der Waals surface area contributed by atoms with Gasteiger partial charge in [0.15, 0.2) is 0 Å². The van der Waals surface area contributed by atoms with E-state index in [2.05, 4.69) is 21.6 Å². The van der Waals surface area contributed by atoms with Crippen LogP contribution in [0.2, 0.25) is 0 Å². The molecule has 1 aliphatic rings. The third-order valence-electron chi connectivity index (χ3n) is 3.76. The first-order valence-electron chi connectivity index (χ1n) is 6.70. The van der Waals surface area contributed by atoms with Crippen molar-refractivity contribution >= 4 is 5.84 Å². The largest absolute Gasteiger partial charge is 0.409 e. The predicted octanol–water partition coefficient (Wildman–Crippen LogP) is 2.16. The first kappa shape index (κ1) is 12.9. The first-order valence-corrected chi connectivity index (χ1v) is 6.70. The lowest BCUT2D eigenvalue weighted by atomic mass is 10.00. The maximum atomic E-state index is 8.72. The summed E-state index contributed by atoms with van der Waals surface area (Å²) in [6, 6.07) is 0.246. The van der Waals surface area contributed by atoms with Crippen LogP contribution >= 0.6 is 0 Å². The Hall–Kier alpha value is -1.52. The Kier molecular flexibility index (Phi) is 3.89. The van der Waals surface area contributed by atoms with Crippen LogP contribution in [0.1, 0.15) is 55.9 Å². The van der Waals surface area contributed by atoms with Gasteiger partial charge in [-0.2, -0.15) is 0 Å². The van der Waals surface area contributed by atoms with Crippen LogP contribution in [0.3, 0.4) is 0 Å². The van der Waals surface area contributed by atoms with Crippen molar-refractivity contribution in [2.75, 3.05) is 0 Å². The van der Waals surface area contributed by atoms with E-state index in [9.17, 15) is 0 Å². The van der Waals surface area contributed by atoms with E-state index in [-0.39, 0.29) is 6.04 Å². The topological polar surface area (TPSA) is 76.4 Å². The van der Waals surface area contributed by atoms with Crippen molar-refractivity contribution < 1.29 is 5.21 Å². The lowest BCUT2D eigenvalue weighted by molar-refractivity contribution is 0.314. The molecule has 0 bridgehead atoms. The Balaban J connectivity index is 2.33. The van der Waals surface area contributed by atoms with Crippen LogP contribution < -0.4 is 5.73 Å². The highest BCUT2D eigenvalue weighted by Gasteiger charge is 2.23. The molecule has 1 atom stereocenters. The molecular weight excluding hydrogens is 228 g/mol. The minimum absolute atomic E-state index is 0.246. The number of oxime groups is 1. The molecule has 0 amide bonds. The fourth-order valence-corrected chi connectivity index (χ4v) is 2.88. The number of nitrogens with zero attached hydrogens (tertiary/aromatic N) is 3. The van der Waals surface area contributed by atoms with E-state index < -0.39 is 0 Å². The van der Waals surface area contributed by atoms with E-state index in [1.54, 1.807) is 0 Å². The molecule has 5 nitrogen and oxygen atoms in total. The maximum absolute atomic E-state index is 8.72. The van der Waals surface area contributed by atoms with Crippen LogP contribution in [-0.2, 0) is 12.8 Å². The number of imidazole rings is 1. The molecule has 0 radical (unpaired) electrons. The smallest absolute Gasteiger partial charge is 0.141 e. The van der Waals surface area contributed by atoms with Gasteiger partial charge in [0.25, 0.3) is 0 Å². The third-order valence-corrected chi connectivity index (χ3v) is 3.76. The highest BCUT2D eigenvalue weighted by atomic mass is 16.4. The average Bonchev–Trinajstić information content (AvgIpc) is 2.71. The number of amidine groups is 1. The molecule has 0 aliphatic heterocycles. The Morgan fingerprint density at radius 1 is 1.50 bits per heavy atom. The zero-order chi connectivity index (χ0) is 13.1. The second-order valence-electron chi connectivity index (χ2n) is 4.99. The van der Waals surface area contributed by atoms with Gasteiger partial charge in [-0.3, -0.25) is 0 Å². The summed E-state index contributed by atoms with van der Waals surface area (Å²) in [5.74, 6) is 1.35. The molecule has 1 aromatic heterocycles. The second-order valence-corrected chi connectivity index (χ2v) is 4.99. The molecule has 1 unspecified atom stereocenters. The predicted molar refractivity (Wildman–Crippen MR) is 71.0 cm³/mol. The molecule has 18 heavy (non-hydrogen) atoms. The van der Waals surface area contributed by atoms with Gasteiger partial charge in [-0.05, 0) is 39.0 Å². The van der Waals surface area contributed by atoms with Crippen molar-refractivity contribution in [3.63, 3.8) is 0 Å². The Morgan fingerprint density at radius 3 is 2.89 bits per heavy atom. The van der Waals surface area contributed by atoms with E-state index in [1.807, 2.05) is 6.92 Å². The molecule has 0 saturated heterocycles. The Bertz CT molecular complexity index is 450. The van der Waals surface area contributed by atoms with E-state index >= 15 is 0 Å². The van der Waals surface area contributed by atoms with Gasteiger partial charge in [-0.15, -0.1) is 0 Å². The van der Waals surface area contributed by atoms with Gasteiger partial charge in [-0.1, -0.05) is 12.1 Å². The molecule has 0 spiro atoms. The Morgan fingerprint density at radius 2 is 2.22 bits per heavy atom. The minimum Gasteiger partial charge on any atom is -0.409 e. The van der Waals surface area contributed by atoms with Crippen LogP contribution in [0.25, 0.3) is 0 Å². The van der Waals surface area contributed by atoms with Crippen molar-refractivity contribution in [2.45, 2.75) is 58.4 Å². The fourth-order valence-electron chi connectivity index (χ4n) is 2.88. The summed E-state index contributed by atoms with van der Waals surface area (Å²) in [5, 5.41) is 11.8. The lowest BCUT2D eigenvalue weighted by Gasteiger charge is -2.22. The monoisotopic (exact) mass is 250 g/mol. The van der Waals surface area contributed by atoms with Crippen LogP contribution in [-0.4, -0.2) is 20.6 Å². The number of aromatic nitrogens is 2. The minimum atomic E-state index is 0.246. The molecule has 3 N–H and O–H groups in total. The number of aryl methyl sites for hydroxylation is 2. The van der Waals surface area contributed by atoms with Crippen LogP contribution in [0, 0.1) is 6.92 Å². The maximum Gasteiger partial charge on any atom is 0.141 e. The van der Waals surface area contributed by atoms with Gasteiger partial charge in [0.05, 0.1) is 5.69 Å². The molecule has 1 aromatic rings. The molecule has 1 aliphatic carbocycles. The van der Waals surface area contributed by atoms with E-state index in [4.69, 9.17) is 10.9 Å². The van der Waals surface area contributed by atoms with Crippen LogP contribution in [0.4, 0.5) is 0 Å². The first-order chi connectivity index (χ1) is 8.67. The summed E-state index contributed by atoms with van der Waals surface area (Å²) in [6.07, 6.45) is 6.20. The molecule has 0 fully saturated rings. The summed E-state index contributed by atoms with van der Waals surface area (Å²) in [4.78, 5) is 4.67. The number of fused-ring (bicyclic) bond motifs is 1. The van der Waals surface area contributed by atoms with Crippen molar-refractivity contribution in [2.24, 2.45) is 10.9 Å². The van der Waals surface area contributed by atoms with Crippen LogP contribution in [0.5, 0.6) is 0 Å². The normalized spacial score (nSPS) is 17.6. The van der Waals surface area contributed by atoms with Gasteiger partial charge >= 0.3 is 0 Å². The van der Waals surface area contributed by atoms with E-state index in [0.717, 1.165) is 25.1 Å². The summed E-state index contributed by atoms with van der Waals surface area (Å²) in [6.45, 7) is 4.18. The zero-order valence-corrected chi connectivity index (χ0v) is 11.2. The number of nitrogens with two attached hydrogens (primary N) is 1. The lowest BCUT2D eigenvalue weighted by Crippen LogP contribution is -2.22. The highest BCUT2D eigenvalue weighted by Crippen LogP contribution is 2.28. The average molecular weight is 250 g/mol. The number of hydrogen-bond acceptors (Lipinski definition) is 3. The zero-order valence-electron chi connectivity index (χ0n) is 11.2. The summed E-state index contributed by atoms with van der Waals surface area (Å²) in [5.41, 5.74) is 8.25. The molecule has 100 valence electrons. The highest BCUT2D eigenvalue weighted by molar-refractivity contribution is 5.80. The van der Waals surface area contributed by atoms with E-state index in [0.29, 0.717) is 12.3 Å². The van der Waals surface area contributed by atoms with Gasteiger partial charge in [0.2, 0.25) is 0 Å². The summed E-state index contributed by atoms with van der Waals surface area (Å²) < 4.78 is 2.30. The molecule has 2 rings (SSSR count). The van der Waals surface area contributed by atoms with Crippen molar-refractivity contribution in [3.05, 3.63) is 17.2 Å². The van der Waals surface area contributed by atoms with Crippen molar-refractivity contribution in [3.8, 4) is 0 Å². The SMILES string of the molecule is CCC(CC(N)=NO)n1c(C)nc2c1CCCC2. The van der Waals surface area contributed by atoms with Gasteiger partial charge in [-0.25, -0.2) is 4.98 Å².